The zero-order valence-corrected chi connectivity index (χ0v) is 72.8. The average Bonchev–Trinajstić information content (AvgIpc) is 0.673. The lowest BCUT2D eigenvalue weighted by atomic mass is 9.82. The molecule has 0 aliphatic rings. The fraction of sp³-hybridized carbons (Fsp3) is 0.955. The van der Waals surface area contributed by atoms with Crippen LogP contribution in [0.3, 0.4) is 0 Å². The molecule has 0 fully saturated rings. The minimum absolute atomic E-state index is 3.34. The van der Waals surface area contributed by atoms with E-state index in [9.17, 15) is 229 Å². The molecule has 2 atom stereocenters. The van der Waals surface area contributed by atoms with Crippen molar-refractivity contribution in [2.24, 2.45) is 0 Å². The van der Waals surface area contributed by atoms with Gasteiger partial charge in [0.25, 0.3) is 18.9 Å². The molecule has 0 radical (unpaired) electrons. The van der Waals surface area contributed by atoms with Gasteiger partial charge in [-0.1, -0.05) is 255 Å². The van der Waals surface area contributed by atoms with Crippen LogP contribution in [0.25, 0.3) is 0 Å². The van der Waals surface area contributed by atoms with E-state index in [4.69, 9.17) is 232 Å². The Bertz CT molecular complexity index is 4050. The molecule has 0 amide bonds. The van der Waals surface area contributed by atoms with Crippen LogP contribution in [0.15, 0.2) is 0 Å². The van der Waals surface area contributed by atoms with Gasteiger partial charge >= 0.3 is 190 Å². The Kier molecular flexibility index (Phi) is 34.9. The summed E-state index contributed by atoms with van der Waals surface area (Å²) >= 11 is 114. The van der Waals surface area contributed by atoms with Crippen LogP contribution in [-0.2, 0) is 19.4 Å². The molecule has 0 aromatic carbocycles. The molecule has 802 valence electrons. The maximum atomic E-state index is 16.3. The number of hydrogen-bond donors (Lipinski definition) is 0. The van der Waals surface area contributed by atoms with Crippen LogP contribution in [0.1, 0.15) is 0 Å². The summed E-state index contributed by atoms with van der Waals surface area (Å²) in [7, 11) is 0. The van der Waals surface area contributed by atoms with Crippen molar-refractivity contribution >= 4 is 267 Å². The molecule has 134 heavy (non-hydrogen) atoms. The number of halogens is 86. The second kappa shape index (κ2) is 34.7. The first kappa shape index (κ1) is 135. The van der Waals surface area contributed by atoms with Crippen LogP contribution in [-0.4, -0.2) is 244 Å². The van der Waals surface area contributed by atoms with Crippen molar-refractivity contribution in [3.8, 4) is 0 Å². The SMILES string of the molecule is O=C(OOC(=O)C(Cl)(Cl)C(Cl)(Cl)C(Cl)(Cl)C(Cl)(Cl)C(Cl)(Cl)C(F)(Cl)C(F)(F)C(F)(F)C(F)(F)C(F)(F)C(F)(F)C(F)(F)C(F)(F)C(F)(F)C(F)(F)C(F)(F)C(F)(F)C(F)(F)C(F)(F)C(F)(F)C(F)(F)F)C(Cl)(Cl)C(Cl)(Cl)C(Cl)(Cl)C(Cl)(Cl)C(Cl)(Cl)C(F)(Cl)C(F)(F)C(F)(F)C(F)(F)C(F)(F)C(F)(F)C(F)(F)C(F)(F)C(F)(F)C(F)(F)C(F)(F)C(F)(F)C(F)(F)C(F)(F)C(F)(F)C(F)(F)F. The Morgan fingerprint density at radius 2 is 0.201 bits per heavy atom. The fourth-order valence-corrected chi connectivity index (χ4v) is 14.6. The van der Waals surface area contributed by atoms with Crippen molar-refractivity contribution in [1.29, 1.82) is 0 Å². The van der Waals surface area contributed by atoms with Crippen LogP contribution in [0.2, 0.25) is 0 Å². The summed E-state index contributed by atoms with van der Waals surface area (Å²) in [4.78, 5) is 33.0. The Balaban J connectivity index is 8.16. The zero-order valence-electron chi connectivity index (χ0n) is 56.1. The van der Waals surface area contributed by atoms with E-state index in [1.165, 1.54) is 0 Å². The molecular weight excluding hydrogens is 2590 g/mol. The summed E-state index contributed by atoms with van der Waals surface area (Å²) in [6.45, 7) is 0. The van der Waals surface area contributed by atoms with E-state index in [0.717, 1.165) is 0 Å². The maximum Gasteiger partial charge on any atom is 0.460 e. The first-order chi connectivity index (χ1) is 56.0. The average molecular weight is 2590 g/mol. The van der Waals surface area contributed by atoms with Crippen LogP contribution < -0.4 is 0 Å². The standard InChI is InChI=1S/C44Cl22F64O4/c45-3(46,5(49,50)7(53,54)9(57,58)11(61,62)13(65,67)15(69,70)17(73,74)19(77,78)21(81,82)23(85,86)25(89,90)27(93,94)29(97,98)31(101,102)33(105,106)35(109,110)37(113,114)39(117,118)41(121,122)43(125,126)127)1(131)133-134-2(132)4(47,48)6(51,52)8(55,56)10(59,60)12(63,64)14(66,68)16(71,72)18(75,76)20(79,80)22(83,84)24(87,88)26(91,92)28(95,96)30(99,100)32(103,104)34(107,108)36(111,112)38(115,116)40(119,120)42(123,124)44(128,129)130. The molecular formula is C44Cl22F64O4. The molecule has 0 bridgehead atoms. The highest BCUT2D eigenvalue weighted by Gasteiger charge is 3.06. The molecule has 0 rings (SSSR count). The minimum atomic E-state index is -10.7. The monoisotopic (exact) mass is 2580 g/mol. The lowest BCUT2D eigenvalue weighted by Gasteiger charge is -2.52. The van der Waals surface area contributed by atoms with Crippen LogP contribution >= 0.6 is 255 Å². The van der Waals surface area contributed by atoms with Gasteiger partial charge in [-0.2, -0.15) is 272 Å². The van der Waals surface area contributed by atoms with Crippen LogP contribution in [0.5, 0.6) is 0 Å². The third kappa shape index (κ3) is 16.2. The Labute approximate surface area is 794 Å². The van der Waals surface area contributed by atoms with E-state index in [-0.39, 0.29) is 0 Å². The van der Waals surface area contributed by atoms with Gasteiger partial charge in [0.15, 0.2) is 26.0 Å². The predicted octanol–water partition coefficient (Wildman–Crippen LogP) is 32.4. The topological polar surface area (TPSA) is 52.6 Å². The number of carbonyl (C=O) groups is 2. The maximum absolute atomic E-state index is 16.3. The van der Waals surface area contributed by atoms with E-state index < -0.39 is 244 Å². The molecule has 0 saturated carbocycles. The van der Waals surface area contributed by atoms with E-state index in [0.29, 0.717) is 0 Å². The van der Waals surface area contributed by atoms with Gasteiger partial charge in [0.05, 0.1) is 0 Å². The number of hydrogen-bond acceptors (Lipinski definition) is 4. The molecule has 0 aliphatic heterocycles. The van der Waals surface area contributed by atoms with E-state index in [1.54, 1.807) is 0 Å². The van der Waals surface area contributed by atoms with E-state index in [2.05, 4.69) is 33.0 Å². The summed E-state index contributed by atoms with van der Waals surface area (Å²) in [6.07, 6.45) is -17.3. The van der Waals surface area contributed by atoms with Crippen molar-refractivity contribution in [2.75, 3.05) is 0 Å². The van der Waals surface area contributed by atoms with E-state index in [1.807, 2.05) is 0 Å². The molecule has 90 heteroatoms. The molecule has 0 N–H and O–H groups in total. The lowest BCUT2D eigenvalue weighted by Crippen LogP contribution is -2.80. The number of carbonyl (C=O) groups excluding carboxylic acids is 2. The highest BCUT2D eigenvalue weighted by molar-refractivity contribution is 6.80. The second-order valence-electron chi connectivity index (χ2n) is 24.7. The third-order valence-corrected chi connectivity index (χ3v) is 31.7. The Morgan fingerprint density at radius 1 is 0.119 bits per heavy atom. The quantitative estimate of drug-likeness (QED) is 0.0266. The first-order valence-electron chi connectivity index (χ1n) is 27.7. The summed E-state index contributed by atoms with van der Waals surface area (Å²) < 4.78 is 859. The van der Waals surface area contributed by atoms with Crippen molar-refractivity contribution < 1.29 is 300 Å². The summed E-state index contributed by atoms with van der Waals surface area (Å²) in [5.41, 5.74) is 0. The summed E-state index contributed by atoms with van der Waals surface area (Å²) in [6, 6.07) is 0. The normalized spacial score (nSPS) is 18.1. The van der Waals surface area contributed by atoms with Gasteiger partial charge in [0.2, 0.25) is 8.67 Å². The lowest BCUT2D eigenvalue weighted by molar-refractivity contribution is -0.490. The van der Waals surface area contributed by atoms with E-state index >= 15 is 61.5 Å². The molecule has 2 unspecified atom stereocenters. The fourth-order valence-electron chi connectivity index (χ4n) is 7.89. The zero-order chi connectivity index (χ0) is 112. The van der Waals surface area contributed by atoms with Gasteiger partial charge in [-0.25, -0.2) is 28.1 Å². The van der Waals surface area contributed by atoms with Crippen molar-refractivity contribution in [1.82, 2.24) is 0 Å². The van der Waals surface area contributed by atoms with Crippen molar-refractivity contribution in [3.63, 3.8) is 0 Å². The van der Waals surface area contributed by atoms with Gasteiger partial charge in [-0.3, -0.25) is 0 Å². The third-order valence-electron chi connectivity index (χ3n) is 16.4. The van der Waals surface area contributed by atoms with Crippen molar-refractivity contribution in [2.45, 2.75) is 232 Å². The molecule has 4 nitrogen and oxygen atoms in total. The van der Waals surface area contributed by atoms with Crippen LogP contribution in [0, 0.1) is 0 Å². The summed E-state index contributed by atoms with van der Waals surface area (Å²) in [5, 5.41) is -16.0. The minimum Gasteiger partial charge on any atom is -0.244 e. The molecule has 0 aromatic rings. The Hall–Kier alpha value is 0.840. The van der Waals surface area contributed by atoms with Gasteiger partial charge < -0.3 is 0 Å². The first-order valence-corrected chi connectivity index (χ1v) is 36.1. The molecule has 0 saturated heterocycles. The second-order valence-corrected chi connectivity index (χ2v) is 39.0. The van der Waals surface area contributed by atoms with Gasteiger partial charge in [-0.05, 0) is 0 Å². The molecule has 0 aliphatic carbocycles. The summed E-state index contributed by atoms with van der Waals surface area (Å²) in [5.74, 6) is -293. The molecule has 0 spiro atoms. The Morgan fingerprint density at radius 3 is 0.299 bits per heavy atom. The van der Waals surface area contributed by atoms with Crippen molar-refractivity contribution in [3.05, 3.63) is 0 Å². The number of rotatable bonds is 40. The van der Waals surface area contributed by atoms with Gasteiger partial charge in [0, 0.05) is 0 Å². The largest absolute Gasteiger partial charge is 0.460 e. The predicted molar refractivity (Wildman–Crippen MR) is 327 cm³/mol. The highest BCUT2D eigenvalue weighted by atomic mass is 35.6. The highest BCUT2D eigenvalue weighted by Crippen LogP contribution is 2.79. The molecule has 0 aromatic heterocycles. The smallest absolute Gasteiger partial charge is 0.244 e. The number of alkyl halides is 86. The van der Waals surface area contributed by atoms with Gasteiger partial charge in [-0.15, -0.1) is 0 Å². The van der Waals surface area contributed by atoms with Gasteiger partial charge in [0.1, 0.15) is 0 Å². The molecule has 0 heterocycles. The van der Waals surface area contributed by atoms with Crippen LogP contribution in [0.4, 0.5) is 281 Å².